The summed E-state index contributed by atoms with van der Waals surface area (Å²) in [6.07, 6.45) is 1.25. The van der Waals surface area contributed by atoms with Crippen LogP contribution in [0.25, 0.3) is 0 Å². The van der Waals surface area contributed by atoms with Gasteiger partial charge in [-0.2, -0.15) is 4.74 Å². The van der Waals surface area contributed by atoms with Crippen molar-refractivity contribution in [3.63, 3.8) is 0 Å². The van der Waals surface area contributed by atoms with Crippen molar-refractivity contribution in [2.45, 2.75) is 33.7 Å². The maximum atomic E-state index is 11.3. The molecular weight excluding hydrogens is 214 g/mol. The first-order valence-corrected chi connectivity index (χ1v) is 5.89. The Kier molecular flexibility index (Phi) is 5.27. The van der Waals surface area contributed by atoms with Crippen LogP contribution < -0.4 is 5.56 Å². The Balaban J connectivity index is 0.000000437. The Morgan fingerprint density at radius 1 is 1.18 bits per heavy atom. The van der Waals surface area contributed by atoms with Crippen molar-refractivity contribution in [2.75, 3.05) is 0 Å². The van der Waals surface area contributed by atoms with Gasteiger partial charge in [-0.05, 0) is 12.5 Å². The fourth-order valence-electron chi connectivity index (χ4n) is 1.35. The van der Waals surface area contributed by atoms with Crippen LogP contribution in [0.3, 0.4) is 0 Å². The Labute approximate surface area is 102 Å². The largest absolute Gasteiger partial charge is 0.381 e. The van der Waals surface area contributed by atoms with E-state index in [9.17, 15) is 4.79 Å². The maximum Gasteiger partial charge on any atom is 0.282 e. The topological polar surface area (TPSA) is 35.1 Å². The van der Waals surface area contributed by atoms with Crippen molar-refractivity contribution >= 4 is 0 Å². The highest BCUT2D eigenvalue weighted by molar-refractivity contribution is 5.14. The molecule has 2 aromatic rings. The van der Waals surface area contributed by atoms with Gasteiger partial charge in [0.15, 0.2) is 0 Å². The summed E-state index contributed by atoms with van der Waals surface area (Å²) < 4.78 is 6.57. The molecule has 92 valence electrons. The van der Waals surface area contributed by atoms with Crippen LogP contribution >= 0.6 is 0 Å². The van der Waals surface area contributed by atoms with Crippen LogP contribution in [0.2, 0.25) is 0 Å². The molecule has 2 rings (SSSR count). The van der Waals surface area contributed by atoms with Crippen LogP contribution in [0.15, 0.2) is 45.7 Å². The lowest BCUT2D eigenvalue weighted by molar-refractivity contribution is 0.264. The number of nitrogens with zero attached hydrogens (tertiary/aromatic N) is 1. The molecule has 0 aliphatic heterocycles. The van der Waals surface area contributed by atoms with E-state index >= 15 is 0 Å². The molecule has 0 aliphatic rings. The van der Waals surface area contributed by atoms with Crippen molar-refractivity contribution in [3.8, 4) is 0 Å². The third-order valence-electron chi connectivity index (χ3n) is 2.00. The van der Waals surface area contributed by atoms with E-state index in [1.807, 2.05) is 30.3 Å². The van der Waals surface area contributed by atoms with E-state index in [4.69, 9.17) is 4.52 Å². The summed E-state index contributed by atoms with van der Waals surface area (Å²) in [4.78, 5) is 11.3. The molecule has 17 heavy (non-hydrogen) atoms. The highest BCUT2D eigenvalue weighted by Gasteiger charge is 2.02. The molecular formula is C14H19NO2. The average molecular weight is 233 g/mol. The van der Waals surface area contributed by atoms with E-state index in [0.717, 1.165) is 5.56 Å². The van der Waals surface area contributed by atoms with Crippen molar-refractivity contribution < 1.29 is 4.52 Å². The second-order valence-corrected chi connectivity index (χ2v) is 3.91. The molecule has 1 aromatic carbocycles. The number of aryl methyl sites for hydroxylation is 1. The lowest BCUT2D eigenvalue weighted by Gasteiger charge is -1.99. The van der Waals surface area contributed by atoms with Gasteiger partial charge in [0, 0.05) is 6.07 Å². The average Bonchev–Trinajstić information content (AvgIpc) is 2.60. The first-order chi connectivity index (χ1) is 8.17. The minimum absolute atomic E-state index is 0.0913. The van der Waals surface area contributed by atoms with E-state index in [-0.39, 0.29) is 5.56 Å². The van der Waals surface area contributed by atoms with Gasteiger partial charge in [-0.3, -0.25) is 4.79 Å². The zero-order valence-electron chi connectivity index (χ0n) is 10.6. The van der Waals surface area contributed by atoms with Crippen LogP contribution in [0.5, 0.6) is 0 Å². The zero-order chi connectivity index (χ0) is 12.7. The molecule has 0 N–H and O–H groups in total. The normalized spacial score (nSPS) is 9.59. The van der Waals surface area contributed by atoms with Crippen molar-refractivity contribution in [2.24, 2.45) is 0 Å². The quantitative estimate of drug-likeness (QED) is 0.798. The molecule has 1 heterocycles. The Bertz CT molecular complexity index is 482. The standard InChI is InChI=1S/C11H11NO2.C3H8/c1-9-7-11(13)12(14-9)8-10-5-3-2-4-6-10;1-3-2/h2-7H,8H2,1H3;3H2,1-2H3. The summed E-state index contributed by atoms with van der Waals surface area (Å²) >= 11 is 0. The molecule has 0 atom stereocenters. The molecule has 0 spiro atoms. The Hall–Kier alpha value is -1.77. The highest BCUT2D eigenvalue weighted by Crippen LogP contribution is 2.01. The van der Waals surface area contributed by atoms with E-state index in [2.05, 4.69) is 13.8 Å². The van der Waals surface area contributed by atoms with Gasteiger partial charge in [-0.25, -0.2) is 0 Å². The van der Waals surface area contributed by atoms with E-state index in [1.54, 1.807) is 6.92 Å². The molecule has 0 amide bonds. The van der Waals surface area contributed by atoms with Crippen LogP contribution in [-0.4, -0.2) is 4.74 Å². The monoisotopic (exact) mass is 233 g/mol. The summed E-state index contributed by atoms with van der Waals surface area (Å²) in [5.41, 5.74) is 0.968. The van der Waals surface area contributed by atoms with Crippen molar-refractivity contribution in [3.05, 3.63) is 58.1 Å². The fourth-order valence-corrected chi connectivity index (χ4v) is 1.35. The second-order valence-electron chi connectivity index (χ2n) is 3.91. The van der Waals surface area contributed by atoms with E-state index < -0.39 is 0 Å². The van der Waals surface area contributed by atoms with Gasteiger partial charge in [0.05, 0.1) is 6.54 Å². The smallest absolute Gasteiger partial charge is 0.282 e. The van der Waals surface area contributed by atoms with Gasteiger partial charge >= 0.3 is 0 Å². The van der Waals surface area contributed by atoms with Crippen molar-refractivity contribution in [1.82, 2.24) is 4.74 Å². The molecule has 1 aromatic heterocycles. The van der Waals surface area contributed by atoms with Gasteiger partial charge in [0.1, 0.15) is 5.76 Å². The maximum absolute atomic E-state index is 11.3. The third-order valence-corrected chi connectivity index (χ3v) is 2.00. The number of benzene rings is 1. The molecule has 0 saturated heterocycles. The molecule has 3 heteroatoms. The van der Waals surface area contributed by atoms with Gasteiger partial charge < -0.3 is 4.52 Å². The fraction of sp³-hybridized carbons (Fsp3) is 0.357. The first-order valence-electron chi connectivity index (χ1n) is 5.89. The zero-order valence-corrected chi connectivity index (χ0v) is 10.6. The van der Waals surface area contributed by atoms with Gasteiger partial charge in [-0.1, -0.05) is 50.6 Å². The Morgan fingerprint density at radius 2 is 1.76 bits per heavy atom. The molecule has 0 radical (unpaired) electrons. The van der Waals surface area contributed by atoms with Crippen LogP contribution in [0.4, 0.5) is 0 Å². The Morgan fingerprint density at radius 3 is 2.24 bits per heavy atom. The third kappa shape index (κ3) is 4.31. The summed E-state index contributed by atoms with van der Waals surface area (Å²) in [7, 11) is 0. The van der Waals surface area contributed by atoms with Crippen LogP contribution in [0, 0.1) is 6.92 Å². The summed E-state index contributed by atoms with van der Waals surface area (Å²) in [5.74, 6) is 0.644. The summed E-state index contributed by atoms with van der Waals surface area (Å²) in [5, 5.41) is 0. The van der Waals surface area contributed by atoms with Gasteiger partial charge in [0.2, 0.25) is 0 Å². The van der Waals surface area contributed by atoms with Gasteiger partial charge in [0.25, 0.3) is 5.56 Å². The molecule has 0 saturated carbocycles. The molecule has 3 nitrogen and oxygen atoms in total. The van der Waals surface area contributed by atoms with Crippen LogP contribution in [-0.2, 0) is 6.54 Å². The van der Waals surface area contributed by atoms with E-state index in [1.165, 1.54) is 17.2 Å². The molecule has 0 aliphatic carbocycles. The van der Waals surface area contributed by atoms with E-state index in [0.29, 0.717) is 12.3 Å². The second kappa shape index (κ2) is 6.74. The minimum atomic E-state index is -0.0913. The molecule has 0 bridgehead atoms. The highest BCUT2D eigenvalue weighted by atomic mass is 16.5. The summed E-state index contributed by atoms with van der Waals surface area (Å²) in [6.45, 7) is 6.51. The van der Waals surface area contributed by atoms with Crippen LogP contribution in [0.1, 0.15) is 31.6 Å². The van der Waals surface area contributed by atoms with Gasteiger partial charge in [-0.15, -0.1) is 0 Å². The molecule has 0 fully saturated rings. The number of aromatic nitrogens is 1. The lowest BCUT2D eigenvalue weighted by Crippen LogP contribution is -2.13. The molecule has 0 unspecified atom stereocenters. The number of rotatable bonds is 2. The minimum Gasteiger partial charge on any atom is -0.381 e. The predicted octanol–water partition coefficient (Wildman–Crippen LogP) is 3.21. The SMILES string of the molecule is CCC.Cc1cc(=O)n(Cc2ccccc2)o1. The number of hydrogen-bond acceptors (Lipinski definition) is 2. The number of hydrogen-bond donors (Lipinski definition) is 0. The summed E-state index contributed by atoms with van der Waals surface area (Å²) in [6, 6.07) is 11.2. The van der Waals surface area contributed by atoms with Crippen molar-refractivity contribution in [1.29, 1.82) is 0 Å². The predicted molar refractivity (Wildman–Crippen MR) is 69.2 cm³/mol. The lowest BCUT2D eigenvalue weighted by atomic mass is 10.2. The first kappa shape index (κ1) is 13.3.